The Kier molecular flexibility index (Phi) is 5.06. The highest BCUT2D eigenvalue weighted by Gasteiger charge is 2.10. The number of nitro benzene ring substituents is 1. The fourth-order valence-corrected chi connectivity index (χ4v) is 1.35. The minimum absolute atomic E-state index is 0.0194. The summed E-state index contributed by atoms with van der Waals surface area (Å²) in [6, 6.07) is 4.13. The van der Waals surface area contributed by atoms with E-state index in [4.69, 9.17) is 10.5 Å². The summed E-state index contributed by atoms with van der Waals surface area (Å²) in [5, 5.41) is 13.4. The highest BCUT2D eigenvalue weighted by Crippen LogP contribution is 2.19. The molecule has 0 radical (unpaired) electrons. The molecule has 98 valence electrons. The van der Waals surface area contributed by atoms with Crippen LogP contribution in [0.5, 0.6) is 0 Å². The Morgan fingerprint density at radius 1 is 1.50 bits per heavy atom. The molecule has 0 amide bonds. The second-order valence-corrected chi connectivity index (χ2v) is 3.70. The zero-order valence-electron chi connectivity index (χ0n) is 10.0. The van der Waals surface area contributed by atoms with Gasteiger partial charge in [-0.15, -0.1) is 0 Å². The van der Waals surface area contributed by atoms with E-state index in [0.717, 1.165) is 0 Å². The number of hydrogen-bond acceptors (Lipinski definition) is 6. The van der Waals surface area contributed by atoms with Crippen molar-refractivity contribution in [2.24, 2.45) is 0 Å². The largest absolute Gasteiger partial charge is 0.461 e. The highest BCUT2D eigenvalue weighted by molar-refractivity contribution is 5.69. The number of esters is 1. The highest BCUT2D eigenvalue weighted by atomic mass is 16.6. The normalized spacial score (nSPS) is 10.1. The van der Waals surface area contributed by atoms with Gasteiger partial charge in [-0.3, -0.25) is 14.9 Å². The molecule has 0 aliphatic rings. The van der Waals surface area contributed by atoms with Crippen molar-refractivity contribution in [3.63, 3.8) is 0 Å². The number of rotatable bonds is 6. The molecule has 0 bridgehead atoms. The van der Waals surface area contributed by atoms with Gasteiger partial charge >= 0.3 is 5.97 Å². The lowest BCUT2D eigenvalue weighted by Gasteiger charge is -2.05. The zero-order chi connectivity index (χ0) is 13.5. The molecular formula is C11H15N3O4. The van der Waals surface area contributed by atoms with E-state index in [9.17, 15) is 14.9 Å². The zero-order valence-corrected chi connectivity index (χ0v) is 10.0. The second-order valence-electron chi connectivity index (χ2n) is 3.70. The molecule has 18 heavy (non-hydrogen) atoms. The van der Waals surface area contributed by atoms with Crippen molar-refractivity contribution in [1.29, 1.82) is 0 Å². The van der Waals surface area contributed by atoms with Crippen LogP contribution in [0.2, 0.25) is 0 Å². The lowest BCUT2D eigenvalue weighted by Crippen LogP contribution is -2.14. The molecule has 3 N–H and O–H groups in total. The van der Waals surface area contributed by atoms with Gasteiger partial charge in [0.05, 0.1) is 11.3 Å². The molecule has 0 aliphatic heterocycles. The van der Waals surface area contributed by atoms with Crippen LogP contribution in [-0.4, -0.2) is 24.5 Å². The van der Waals surface area contributed by atoms with E-state index in [1.807, 2.05) is 0 Å². The van der Waals surface area contributed by atoms with Crippen molar-refractivity contribution in [2.45, 2.75) is 13.0 Å². The number of nitro groups is 1. The predicted octanol–water partition coefficient (Wildman–Crippen LogP) is 0.830. The number of nitrogens with two attached hydrogens (primary N) is 1. The van der Waals surface area contributed by atoms with Crippen molar-refractivity contribution in [1.82, 2.24) is 5.32 Å². The van der Waals surface area contributed by atoms with Gasteiger partial charge in [0.2, 0.25) is 0 Å². The molecule has 0 atom stereocenters. The molecule has 0 saturated heterocycles. The Bertz CT molecular complexity index is 448. The lowest BCUT2D eigenvalue weighted by molar-refractivity contribution is -0.384. The number of carbonyl (C=O) groups excluding carboxylic acids is 1. The van der Waals surface area contributed by atoms with Crippen LogP contribution in [0, 0.1) is 10.1 Å². The average Bonchev–Trinajstić information content (AvgIpc) is 2.33. The van der Waals surface area contributed by atoms with Gasteiger partial charge in [-0.2, -0.15) is 0 Å². The smallest absolute Gasteiger partial charge is 0.307 e. The summed E-state index contributed by atoms with van der Waals surface area (Å²) in [6.45, 7) is 0.504. The maximum atomic E-state index is 11.3. The summed E-state index contributed by atoms with van der Waals surface area (Å²) >= 11 is 0. The molecule has 0 unspecified atom stereocenters. The molecule has 1 aromatic rings. The molecule has 7 heteroatoms. The van der Waals surface area contributed by atoms with E-state index in [1.165, 1.54) is 12.1 Å². The van der Waals surface area contributed by atoms with Crippen LogP contribution in [0.4, 0.5) is 11.4 Å². The summed E-state index contributed by atoms with van der Waals surface area (Å²) in [4.78, 5) is 21.3. The van der Waals surface area contributed by atoms with Crippen LogP contribution in [0.3, 0.4) is 0 Å². The number of benzene rings is 1. The third-order valence-electron chi connectivity index (χ3n) is 2.19. The standard InChI is InChI=1S/C11H15N3O4/c1-13-3-2-11(15)18-7-8-4-9(12)6-10(5-8)14(16)17/h4-6,13H,2-3,7,12H2,1H3. The van der Waals surface area contributed by atoms with Gasteiger partial charge < -0.3 is 15.8 Å². The first-order valence-corrected chi connectivity index (χ1v) is 5.37. The Hall–Kier alpha value is -2.15. The summed E-state index contributed by atoms with van der Waals surface area (Å²) in [7, 11) is 1.73. The van der Waals surface area contributed by atoms with Gasteiger partial charge in [-0.25, -0.2) is 0 Å². The van der Waals surface area contributed by atoms with Crippen LogP contribution in [-0.2, 0) is 16.1 Å². The molecule has 1 aromatic carbocycles. The number of nitrogen functional groups attached to an aromatic ring is 1. The van der Waals surface area contributed by atoms with Crippen LogP contribution in [0.25, 0.3) is 0 Å². The van der Waals surface area contributed by atoms with Crippen molar-refractivity contribution < 1.29 is 14.5 Å². The minimum atomic E-state index is -0.539. The van der Waals surface area contributed by atoms with Gasteiger partial charge in [0, 0.05) is 24.4 Å². The maximum Gasteiger partial charge on any atom is 0.307 e. The van der Waals surface area contributed by atoms with E-state index >= 15 is 0 Å². The minimum Gasteiger partial charge on any atom is -0.461 e. The number of nitrogens with zero attached hydrogens (tertiary/aromatic N) is 1. The Morgan fingerprint density at radius 2 is 2.22 bits per heavy atom. The van der Waals surface area contributed by atoms with Crippen LogP contribution >= 0.6 is 0 Å². The number of nitrogens with one attached hydrogen (secondary N) is 1. The summed E-state index contributed by atoms with van der Waals surface area (Å²) in [5.41, 5.74) is 6.18. The SMILES string of the molecule is CNCCC(=O)OCc1cc(N)cc([N+](=O)[O-])c1. The fourth-order valence-electron chi connectivity index (χ4n) is 1.35. The average molecular weight is 253 g/mol. The summed E-state index contributed by atoms with van der Waals surface area (Å²) in [5.74, 6) is -0.366. The van der Waals surface area contributed by atoms with Gasteiger partial charge in [0.1, 0.15) is 6.61 Å². The van der Waals surface area contributed by atoms with E-state index in [1.54, 1.807) is 13.1 Å². The Labute approximate surface area is 104 Å². The number of ether oxygens (including phenoxy) is 1. The third-order valence-corrected chi connectivity index (χ3v) is 2.19. The molecule has 0 aliphatic carbocycles. The topological polar surface area (TPSA) is 107 Å². The number of anilines is 1. The van der Waals surface area contributed by atoms with E-state index in [2.05, 4.69) is 5.32 Å². The first kappa shape index (κ1) is 13.9. The first-order chi connectivity index (χ1) is 8.52. The van der Waals surface area contributed by atoms with Crippen LogP contribution < -0.4 is 11.1 Å². The fraction of sp³-hybridized carbons (Fsp3) is 0.364. The van der Waals surface area contributed by atoms with Crippen molar-refractivity contribution in [3.8, 4) is 0 Å². The van der Waals surface area contributed by atoms with E-state index in [0.29, 0.717) is 12.1 Å². The first-order valence-electron chi connectivity index (χ1n) is 5.37. The van der Waals surface area contributed by atoms with Crippen LogP contribution in [0.1, 0.15) is 12.0 Å². The van der Waals surface area contributed by atoms with E-state index in [-0.39, 0.29) is 30.4 Å². The molecule has 0 spiro atoms. The second kappa shape index (κ2) is 6.55. The number of hydrogen-bond donors (Lipinski definition) is 2. The molecule has 0 heterocycles. The molecule has 7 nitrogen and oxygen atoms in total. The van der Waals surface area contributed by atoms with Crippen molar-refractivity contribution in [2.75, 3.05) is 19.3 Å². The molecule has 0 aromatic heterocycles. The number of non-ortho nitro benzene ring substituents is 1. The van der Waals surface area contributed by atoms with Gasteiger partial charge in [-0.1, -0.05) is 0 Å². The number of carbonyl (C=O) groups is 1. The van der Waals surface area contributed by atoms with E-state index < -0.39 is 4.92 Å². The Morgan fingerprint density at radius 3 is 2.83 bits per heavy atom. The quantitative estimate of drug-likeness (QED) is 0.336. The summed E-state index contributed by atoms with van der Waals surface area (Å²) < 4.78 is 4.96. The van der Waals surface area contributed by atoms with Gasteiger partial charge in [0.15, 0.2) is 0 Å². The molecule has 0 fully saturated rings. The van der Waals surface area contributed by atoms with Gasteiger partial charge in [-0.05, 0) is 18.7 Å². The van der Waals surface area contributed by atoms with Crippen LogP contribution in [0.15, 0.2) is 18.2 Å². The van der Waals surface area contributed by atoms with Crippen molar-refractivity contribution in [3.05, 3.63) is 33.9 Å². The third kappa shape index (κ3) is 4.38. The molecular weight excluding hydrogens is 238 g/mol. The lowest BCUT2D eigenvalue weighted by atomic mass is 10.2. The molecule has 0 saturated carbocycles. The molecule has 1 rings (SSSR count). The Balaban J connectivity index is 2.62. The maximum absolute atomic E-state index is 11.3. The monoisotopic (exact) mass is 253 g/mol. The van der Waals surface area contributed by atoms with Gasteiger partial charge in [0.25, 0.3) is 5.69 Å². The summed E-state index contributed by atoms with van der Waals surface area (Å²) in [6.07, 6.45) is 0.251. The van der Waals surface area contributed by atoms with Crippen molar-refractivity contribution >= 4 is 17.3 Å². The predicted molar refractivity (Wildman–Crippen MR) is 65.8 cm³/mol.